The maximum atomic E-state index is 6.72. The fraction of sp³-hybridized carbons (Fsp3) is 0.167. The highest BCUT2D eigenvalue weighted by atomic mass is 32.1. The molecule has 144 heavy (non-hydrogen) atoms. The fourth-order valence-corrected chi connectivity index (χ4v) is 25.8. The summed E-state index contributed by atoms with van der Waals surface area (Å²) in [5, 5.41) is 8.85. The Kier molecular flexibility index (Phi) is 21.6. The molecule has 0 amide bonds. The third kappa shape index (κ3) is 14.8. The lowest BCUT2D eigenvalue weighted by atomic mass is 9.81. The Morgan fingerprint density at radius 1 is 0.319 bits per heavy atom. The largest absolute Gasteiger partial charge is 0.435 e. The Bertz CT molecular complexity index is 8950. The van der Waals surface area contributed by atoms with E-state index in [9.17, 15) is 0 Å². The van der Waals surface area contributed by atoms with Gasteiger partial charge in [0.05, 0.1) is 57.6 Å². The summed E-state index contributed by atoms with van der Waals surface area (Å²) in [5.41, 5.74) is 38.7. The Morgan fingerprint density at radius 3 is 1.31 bits per heavy atom. The summed E-state index contributed by atoms with van der Waals surface area (Å²) in [6.07, 6.45) is 17.8. The van der Waals surface area contributed by atoms with Gasteiger partial charge in [-0.15, -0.1) is 11.3 Å². The third-order valence-corrected chi connectivity index (χ3v) is 32.5. The summed E-state index contributed by atoms with van der Waals surface area (Å²) < 4.78 is 18.3. The molecule has 8 heterocycles. The van der Waals surface area contributed by atoms with Crippen LogP contribution < -0.4 is 19.6 Å². The standard InChI is InChI=1S/C73H63N3.C59H46N6O2S/c1-73(2)67-41-17-16-40-64(67)70-69(75(62-39-21-33-57(47-62)53-28-14-15-29-53)61-38-20-32-56(46-61)51-24-8-4-9-25-51)49-66-65-48-63(42-43-68(65)76(72(66)71(70)73)58-34-10-5-11-35-58)74(60-37-19-31-55(45-60)52-26-12-13-27-52)59-36-18-30-54(44-59)50-22-6-3-7-23-50;1-33(2)46-25-22-36(31-62-46)64(48-19-9-14-39-41-16-11-27-60-57(41)66-54(39)48)35-21-24-38-44-30-50(52-43-13-7-8-18-45(43)59(5,6)53(52)56(44)68-51(38)29-35)65(37-23-26-47(34(3)4)63-32-37)49-20-10-15-40-42-17-12-28-61-58(42)67-55(40)49/h3-11,16-25,30-49,52-53H,12-15,26-29H2,1-2H3;7-34H,1-6H3. The van der Waals surface area contributed by atoms with Crippen molar-refractivity contribution >= 4 is 166 Å². The van der Waals surface area contributed by atoms with E-state index >= 15 is 0 Å². The van der Waals surface area contributed by atoms with Gasteiger partial charge in [0.25, 0.3) is 0 Å². The zero-order chi connectivity index (χ0) is 96.7. The predicted molar refractivity (Wildman–Crippen MR) is 601 cm³/mol. The van der Waals surface area contributed by atoms with Crippen LogP contribution in [0.25, 0.3) is 136 Å². The van der Waals surface area contributed by atoms with Crippen molar-refractivity contribution in [1.29, 1.82) is 0 Å². The quantitative estimate of drug-likeness (QED) is 0.0779. The van der Waals surface area contributed by atoms with Crippen molar-refractivity contribution < 1.29 is 8.83 Å². The van der Waals surface area contributed by atoms with Gasteiger partial charge < -0.3 is 33.0 Å². The molecule has 2 saturated carbocycles. The molecule has 700 valence electrons. The fourth-order valence-electron chi connectivity index (χ4n) is 24.3. The van der Waals surface area contributed by atoms with Crippen LogP contribution in [-0.4, -0.2) is 24.5 Å². The first-order chi connectivity index (χ1) is 70.6. The Morgan fingerprint density at radius 2 is 0.750 bits per heavy atom. The lowest BCUT2D eigenvalue weighted by Gasteiger charge is -2.31. The minimum Gasteiger partial charge on any atom is -0.435 e. The molecule has 8 aromatic heterocycles. The van der Waals surface area contributed by atoms with Gasteiger partial charge in [0.1, 0.15) is 0 Å². The van der Waals surface area contributed by atoms with Crippen LogP contribution in [-0.2, 0) is 10.8 Å². The number of para-hydroxylation sites is 3. The zero-order valence-corrected chi connectivity index (χ0v) is 83.1. The van der Waals surface area contributed by atoms with Gasteiger partial charge in [-0.1, -0.05) is 287 Å². The van der Waals surface area contributed by atoms with Crippen molar-refractivity contribution in [2.24, 2.45) is 0 Å². The molecule has 0 spiro atoms. The molecule has 4 aliphatic rings. The molecule has 27 rings (SSSR count). The third-order valence-electron chi connectivity index (χ3n) is 31.3. The molecule has 0 radical (unpaired) electrons. The van der Waals surface area contributed by atoms with Crippen LogP contribution >= 0.6 is 11.3 Å². The monoisotopic (exact) mass is 1880 g/mol. The van der Waals surface area contributed by atoms with Crippen LogP contribution in [0.5, 0.6) is 0 Å². The van der Waals surface area contributed by atoms with Gasteiger partial charge in [-0.05, 0) is 280 Å². The van der Waals surface area contributed by atoms with Crippen molar-refractivity contribution in [2.45, 2.75) is 141 Å². The van der Waals surface area contributed by atoms with E-state index in [1.165, 1.54) is 188 Å². The van der Waals surface area contributed by atoms with Gasteiger partial charge in [-0.3, -0.25) is 9.97 Å². The Balaban J connectivity index is 0.000000148. The Hall–Kier alpha value is -16.3. The lowest BCUT2D eigenvalue weighted by Crippen LogP contribution is -2.18. The number of thiophene rings is 1. The first-order valence-corrected chi connectivity index (χ1v) is 52.0. The van der Waals surface area contributed by atoms with Crippen LogP contribution in [0.3, 0.4) is 0 Å². The summed E-state index contributed by atoms with van der Waals surface area (Å²) in [5.74, 6) is 1.75. The number of aromatic nitrogens is 5. The number of rotatable bonds is 19. The molecule has 4 aliphatic carbocycles. The first kappa shape index (κ1) is 87.9. The van der Waals surface area contributed by atoms with E-state index in [-0.39, 0.29) is 16.7 Å². The molecule has 0 aliphatic heterocycles. The highest BCUT2D eigenvalue weighted by molar-refractivity contribution is 7.26. The van der Waals surface area contributed by atoms with Crippen LogP contribution in [0.4, 0.5) is 68.2 Å². The number of nitrogens with zero attached hydrogens (tertiary/aromatic N) is 9. The van der Waals surface area contributed by atoms with E-state index in [1.807, 2.05) is 35.9 Å². The van der Waals surface area contributed by atoms with E-state index in [2.05, 4.69) is 447 Å². The SMILES string of the molecule is CC(C)c1ccc(N(c2ccc3c(c2)sc2c4c(c(N(c5ccc(C(C)C)nc5)c5cccc6c5oc5ncccc56)cc23)-c2ccccc2C4(C)C)c2cccc3c2oc2ncccc23)cn1.CC1(C)c2ccccc2-c2c(N(c3cccc(-c4ccccc4)c3)c3cccc(C4CCCC4)c3)cc3c4cc(N(c5cccc(-c6ccccc6)c5)c5cccc(C6CCCC6)c5)ccc4n(-c4ccccc4)c3c21. The van der Waals surface area contributed by atoms with E-state index in [0.29, 0.717) is 29.2 Å². The maximum absolute atomic E-state index is 6.72. The number of benzene rings is 15. The normalized spacial score (nSPS) is 14.2. The molecule has 0 saturated heterocycles. The van der Waals surface area contributed by atoms with Gasteiger partial charge in [0.2, 0.25) is 11.4 Å². The van der Waals surface area contributed by atoms with Gasteiger partial charge in [0.15, 0.2) is 11.2 Å². The number of hydrogen-bond acceptors (Lipinski definition) is 11. The molecule has 15 aromatic carbocycles. The van der Waals surface area contributed by atoms with Crippen molar-refractivity contribution in [3.8, 4) is 50.2 Å². The average molecular weight is 1890 g/mol. The first-order valence-electron chi connectivity index (χ1n) is 51.2. The Labute approximate surface area is 843 Å². The topological polar surface area (TPSA) is 95.7 Å². The van der Waals surface area contributed by atoms with Crippen molar-refractivity contribution in [2.75, 3.05) is 19.6 Å². The molecule has 0 atom stereocenters. The summed E-state index contributed by atoms with van der Waals surface area (Å²) in [4.78, 5) is 29.0. The molecular formula is C132H109N9O2S. The van der Waals surface area contributed by atoms with Crippen molar-refractivity contribution in [3.05, 3.63) is 440 Å². The molecule has 11 nitrogen and oxygen atoms in total. The summed E-state index contributed by atoms with van der Waals surface area (Å²) in [6, 6.07) is 137. The second kappa shape index (κ2) is 35.4. The van der Waals surface area contributed by atoms with Crippen LogP contribution in [0, 0.1) is 0 Å². The molecule has 2 fully saturated rings. The number of fused-ring (bicyclic) bond motifs is 20. The van der Waals surface area contributed by atoms with Crippen LogP contribution in [0.15, 0.2) is 404 Å². The smallest absolute Gasteiger partial charge is 0.227 e. The number of anilines is 12. The van der Waals surface area contributed by atoms with Crippen molar-refractivity contribution in [1.82, 2.24) is 24.5 Å². The zero-order valence-electron chi connectivity index (χ0n) is 82.2. The molecule has 12 heteroatoms. The van der Waals surface area contributed by atoms with Crippen LogP contribution in [0.2, 0.25) is 0 Å². The molecule has 0 N–H and O–H groups in total. The number of furan rings is 2. The minimum absolute atomic E-state index is 0.285. The molecule has 0 unspecified atom stereocenters. The van der Waals surface area contributed by atoms with Gasteiger partial charge in [-0.2, -0.15) is 0 Å². The predicted octanol–water partition coefficient (Wildman–Crippen LogP) is 37.6. The van der Waals surface area contributed by atoms with E-state index in [1.54, 1.807) is 12.4 Å². The van der Waals surface area contributed by atoms with Crippen LogP contribution in [0.1, 0.15) is 175 Å². The van der Waals surface area contributed by atoms with E-state index < -0.39 is 0 Å². The van der Waals surface area contributed by atoms with E-state index in [4.69, 9.17) is 18.8 Å². The molecular weight excluding hydrogens is 1780 g/mol. The maximum Gasteiger partial charge on any atom is 0.227 e. The van der Waals surface area contributed by atoms with Gasteiger partial charge in [0, 0.05) is 138 Å². The second-order valence-electron chi connectivity index (χ2n) is 41.3. The molecule has 23 aromatic rings. The highest BCUT2D eigenvalue weighted by Crippen LogP contribution is 2.63. The highest BCUT2D eigenvalue weighted by Gasteiger charge is 2.44. The summed E-state index contributed by atoms with van der Waals surface area (Å²) in [7, 11) is 0. The molecule has 0 bridgehead atoms. The average Bonchev–Trinajstić information content (AvgIpc) is 1.53. The summed E-state index contributed by atoms with van der Waals surface area (Å²) >= 11 is 1.87. The number of pyridine rings is 4. The summed E-state index contributed by atoms with van der Waals surface area (Å²) in [6.45, 7) is 18.4. The lowest BCUT2D eigenvalue weighted by molar-refractivity contribution is 0.654. The van der Waals surface area contributed by atoms with Crippen molar-refractivity contribution in [3.63, 3.8) is 0 Å². The van der Waals surface area contributed by atoms with Gasteiger partial charge in [-0.25, -0.2) is 9.97 Å². The second-order valence-corrected chi connectivity index (χ2v) is 42.4. The van der Waals surface area contributed by atoms with Gasteiger partial charge >= 0.3 is 0 Å². The number of hydrogen-bond donors (Lipinski definition) is 0. The van der Waals surface area contributed by atoms with E-state index in [0.717, 1.165) is 101 Å². The minimum atomic E-state index is -0.336.